The molecule has 2 aromatic carbocycles. The Hall–Kier alpha value is -2.82. The van der Waals surface area contributed by atoms with E-state index in [0.29, 0.717) is 13.1 Å². The number of hydrogen-bond acceptors (Lipinski definition) is 3. The average Bonchev–Trinajstić information content (AvgIpc) is 2.70. The Morgan fingerprint density at radius 2 is 1.57 bits per heavy atom. The van der Waals surface area contributed by atoms with Gasteiger partial charge < -0.3 is 15.1 Å². The Labute approximate surface area is 167 Å². The number of benzene rings is 2. The van der Waals surface area contributed by atoms with Gasteiger partial charge in [0.15, 0.2) is 0 Å². The molecule has 1 fully saturated rings. The van der Waals surface area contributed by atoms with Crippen LogP contribution in [0.2, 0.25) is 0 Å². The van der Waals surface area contributed by atoms with Crippen molar-refractivity contribution in [1.82, 2.24) is 4.90 Å². The molecule has 28 heavy (non-hydrogen) atoms. The molecule has 3 rings (SSSR count). The zero-order valence-corrected chi connectivity index (χ0v) is 17.2. The molecule has 0 aliphatic carbocycles. The molecule has 0 unspecified atom stereocenters. The topological polar surface area (TPSA) is 52.7 Å². The minimum atomic E-state index is -1.12. The Balaban J connectivity index is 1.63. The Bertz CT molecular complexity index is 853. The van der Waals surface area contributed by atoms with Gasteiger partial charge >= 0.3 is 0 Å². The van der Waals surface area contributed by atoms with Gasteiger partial charge in [0, 0.05) is 37.6 Å². The van der Waals surface area contributed by atoms with Gasteiger partial charge in [-0.05, 0) is 51.5 Å². The highest BCUT2D eigenvalue weighted by Crippen LogP contribution is 2.25. The summed E-state index contributed by atoms with van der Waals surface area (Å²) >= 11 is 0. The van der Waals surface area contributed by atoms with E-state index in [2.05, 4.69) is 22.3 Å². The van der Waals surface area contributed by atoms with Crippen LogP contribution in [0.25, 0.3) is 0 Å². The monoisotopic (exact) mass is 379 g/mol. The second kappa shape index (κ2) is 8.05. The molecule has 0 radical (unpaired) electrons. The standard InChI is InChI=1S/C23H29N3O2/c1-17-10-11-20(18(2)16-17)24-21(27)23(3,4)22(28)26-14-12-25(13-15-26)19-8-6-5-7-9-19/h5-11,16H,12-15H2,1-4H3,(H,24,27). The van der Waals surface area contributed by atoms with E-state index >= 15 is 0 Å². The number of aryl methyl sites for hydroxylation is 2. The lowest BCUT2D eigenvalue weighted by molar-refractivity contribution is -0.146. The summed E-state index contributed by atoms with van der Waals surface area (Å²) in [6.07, 6.45) is 0. The SMILES string of the molecule is Cc1ccc(NC(=O)C(C)(C)C(=O)N2CCN(c3ccccc3)CC2)c(C)c1. The molecule has 0 atom stereocenters. The molecule has 2 amide bonds. The quantitative estimate of drug-likeness (QED) is 0.826. The average molecular weight is 380 g/mol. The van der Waals surface area contributed by atoms with E-state index < -0.39 is 5.41 Å². The first kappa shape index (κ1) is 19.9. The van der Waals surface area contributed by atoms with Crippen LogP contribution in [0.1, 0.15) is 25.0 Å². The van der Waals surface area contributed by atoms with Gasteiger partial charge in [-0.25, -0.2) is 0 Å². The number of amides is 2. The molecule has 148 valence electrons. The van der Waals surface area contributed by atoms with Gasteiger partial charge in [-0.1, -0.05) is 35.9 Å². The van der Waals surface area contributed by atoms with Crippen LogP contribution in [0.15, 0.2) is 48.5 Å². The predicted octanol–water partition coefficient (Wildman–Crippen LogP) is 3.62. The first-order chi connectivity index (χ1) is 13.3. The maximum absolute atomic E-state index is 13.1. The Morgan fingerprint density at radius 3 is 2.18 bits per heavy atom. The zero-order chi connectivity index (χ0) is 20.3. The third-order valence-corrected chi connectivity index (χ3v) is 5.42. The molecule has 1 aliphatic rings. The second-order valence-electron chi connectivity index (χ2n) is 8.01. The van der Waals surface area contributed by atoms with Gasteiger partial charge in [0.1, 0.15) is 5.41 Å². The highest BCUT2D eigenvalue weighted by Gasteiger charge is 2.40. The number of anilines is 2. The number of nitrogens with one attached hydrogen (secondary N) is 1. The van der Waals surface area contributed by atoms with Crippen LogP contribution >= 0.6 is 0 Å². The minimum Gasteiger partial charge on any atom is -0.368 e. The van der Waals surface area contributed by atoms with E-state index in [1.807, 2.05) is 50.2 Å². The fraction of sp³-hybridized carbons (Fsp3) is 0.391. The largest absolute Gasteiger partial charge is 0.368 e. The van der Waals surface area contributed by atoms with Crippen molar-refractivity contribution in [3.05, 3.63) is 59.7 Å². The van der Waals surface area contributed by atoms with Gasteiger partial charge in [-0.3, -0.25) is 9.59 Å². The number of carbonyl (C=O) groups is 2. The molecule has 1 N–H and O–H groups in total. The molecule has 2 aromatic rings. The van der Waals surface area contributed by atoms with Crippen LogP contribution in [0.3, 0.4) is 0 Å². The number of hydrogen-bond donors (Lipinski definition) is 1. The number of nitrogens with zero attached hydrogens (tertiary/aromatic N) is 2. The van der Waals surface area contributed by atoms with Gasteiger partial charge in [0.2, 0.25) is 11.8 Å². The molecule has 5 heteroatoms. The summed E-state index contributed by atoms with van der Waals surface area (Å²) in [5, 5.41) is 2.94. The highest BCUT2D eigenvalue weighted by atomic mass is 16.2. The number of carbonyl (C=O) groups excluding carboxylic acids is 2. The lowest BCUT2D eigenvalue weighted by atomic mass is 9.89. The summed E-state index contributed by atoms with van der Waals surface area (Å²) in [6, 6.07) is 16.1. The Morgan fingerprint density at radius 1 is 0.929 bits per heavy atom. The molecule has 5 nitrogen and oxygen atoms in total. The molecule has 1 heterocycles. The van der Waals surface area contributed by atoms with E-state index in [0.717, 1.165) is 29.9 Å². The molecule has 0 bridgehead atoms. The summed E-state index contributed by atoms with van der Waals surface area (Å²) in [4.78, 5) is 30.0. The van der Waals surface area contributed by atoms with Gasteiger partial charge in [-0.2, -0.15) is 0 Å². The molecule has 0 spiro atoms. The lowest BCUT2D eigenvalue weighted by Crippen LogP contribution is -2.54. The first-order valence-electron chi connectivity index (χ1n) is 9.77. The van der Waals surface area contributed by atoms with Gasteiger partial charge in [0.05, 0.1) is 0 Å². The first-order valence-corrected chi connectivity index (χ1v) is 9.77. The lowest BCUT2D eigenvalue weighted by Gasteiger charge is -2.39. The van der Waals surface area contributed by atoms with Crippen molar-refractivity contribution in [2.45, 2.75) is 27.7 Å². The fourth-order valence-electron chi connectivity index (χ4n) is 3.53. The fourth-order valence-corrected chi connectivity index (χ4v) is 3.53. The van der Waals surface area contributed by atoms with Crippen molar-refractivity contribution in [3.8, 4) is 0 Å². The summed E-state index contributed by atoms with van der Waals surface area (Å²) < 4.78 is 0. The zero-order valence-electron chi connectivity index (χ0n) is 17.2. The predicted molar refractivity (Wildman–Crippen MR) is 114 cm³/mol. The summed E-state index contributed by atoms with van der Waals surface area (Å²) in [7, 11) is 0. The Kier molecular flexibility index (Phi) is 5.73. The van der Waals surface area contributed by atoms with Crippen LogP contribution in [0, 0.1) is 19.3 Å². The van der Waals surface area contributed by atoms with Gasteiger partial charge in [-0.15, -0.1) is 0 Å². The molecule has 0 saturated carbocycles. The summed E-state index contributed by atoms with van der Waals surface area (Å²) in [5.41, 5.74) is 2.94. The van der Waals surface area contributed by atoms with E-state index in [1.165, 1.54) is 5.69 Å². The van der Waals surface area contributed by atoms with Crippen molar-refractivity contribution in [1.29, 1.82) is 0 Å². The van der Waals surface area contributed by atoms with E-state index in [9.17, 15) is 9.59 Å². The maximum Gasteiger partial charge on any atom is 0.239 e. The van der Waals surface area contributed by atoms with E-state index in [-0.39, 0.29) is 11.8 Å². The third kappa shape index (κ3) is 4.19. The highest BCUT2D eigenvalue weighted by molar-refractivity contribution is 6.10. The molecular weight excluding hydrogens is 350 g/mol. The van der Waals surface area contributed by atoms with Crippen LogP contribution in [-0.2, 0) is 9.59 Å². The van der Waals surface area contributed by atoms with Crippen LogP contribution in [0.4, 0.5) is 11.4 Å². The van der Waals surface area contributed by atoms with Crippen molar-refractivity contribution < 1.29 is 9.59 Å². The molecule has 1 aliphatic heterocycles. The van der Waals surface area contributed by atoms with E-state index in [4.69, 9.17) is 0 Å². The summed E-state index contributed by atoms with van der Waals surface area (Å²) in [6.45, 7) is 10.2. The van der Waals surface area contributed by atoms with Crippen LogP contribution < -0.4 is 10.2 Å². The smallest absolute Gasteiger partial charge is 0.239 e. The van der Waals surface area contributed by atoms with Gasteiger partial charge in [0.25, 0.3) is 0 Å². The van der Waals surface area contributed by atoms with Crippen LogP contribution in [0.5, 0.6) is 0 Å². The summed E-state index contributed by atoms with van der Waals surface area (Å²) in [5.74, 6) is -0.391. The molecular formula is C23H29N3O2. The van der Waals surface area contributed by atoms with Crippen molar-refractivity contribution in [2.75, 3.05) is 36.4 Å². The van der Waals surface area contributed by atoms with E-state index in [1.54, 1.807) is 18.7 Å². The van der Waals surface area contributed by atoms with Crippen LogP contribution in [-0.4, -0.2) is 42.9 Å². The van der Waals surface area contributed by atoms with Crippen molar-refractivity contribution in [3.63, 3.8) is 0 Å². The van der Waals surface area contributed by atoms with Crippen molar-refractivity contribution >= 4 is 23.2 Å². The number of rotatable bonds is 4. The molecule has 0 aromatic heterocycles. The van der Waals surface area contributed by atoms with Crippen molar-refractivity contribution in [2.24, 2.45) is 5.41 Å². The number of piperazine rings is 1. The second-order valence-corrected chi connectivity index (χ2v) is 8.01. The molecule has 1 saturated heterocycles. The normalized spacial score (nSPS) is 14.7. The minimum absolute atomic E-state index is 0.123. The third-order valence-electron chi connectivity index (χ3n) is 5.42. The maximum atomic E-state index is 13.1. The number of para-hydroxylation sites is 1.